The van der Waals surface area contributed by atoms with E-state index in [0.717, 1.165) is 39.7 Å². The molecule has 0 amide bonds. The molecule has 0 heterocycles. The molecule has 3 nitrogen and oxygen atoms in total. The zero-order valence-corrected chi connectivity index (χ0v) is 13.4. The molecule has 25 heavy (non-hydrogen) atoms. The van der Waals surface area contributed by atoms with Crippen molar-refractivity contribution in [3.8, 4) is 22.6 Å². The number of phenols is 2. The summed E-state index contributed by atoms with van der Waals surface area (Å²) >= 11 is 0. The number of carbonyl (C=O) groups excluding carboxylic acids is 1. The third-order valence-electron chi connectivity index (χ3n) is 4.63. The molecular weight excluding hydrogens is 312 g/mol. The summed E-state index contributed by atoms with van der Waals surface area (Å²) in [6.45, 7) is 0. The highest BCUT2D eigenvalue weighted by molar-refractivity contribution is 5.96. The number of aromatic hydroxyl groups is 2. The molecule has 0 aromatic heterocycles. The Morgan fingerprint density at radius 2 is 1.56 bits per heavy atom. The lowest BCUT2D eigenvalue weighted by Crippen LogP contribution is -1.95. The Hall–Kier alpha value is -3.33. The first-order valence-corrected chi connectivity index (χ1v) is 8.08. The van der Waals surface area contributed by atoms with Crippen molar-refractivity contribution in [3.05, 3.63) is 89.0 Å². The van der Waals surface area contributed by atoms with Gasteiger partial charge in [-0.15, -0.1) is 0 Å². The lowest BCUT2D eigenvalue weighted by molar-refractivity contribution is 0.112. The highest BCUT2D eigenvalue weighted by atomic mass is 16.3. The van der Waals surface area contributed by atoms with Crippen molar-refractivity contribution in [1.29, 1.82) is 0 Å². The quantitative estimate of drug-likeness (QED) is 0.693. The first kappa shape index (κ1) is 15.2. The smallest absolute Gasteiger partial charge is 0.150 e. The number of phenolic OH excluding ortho intramolecular Hbond substituents is 2. The third kappa shape index (κ3) is 2.50. The van der Waals surface area contributed by atoms with Crippen LogP contribution < -0.4 is 0 Å². The first-order chi connectivity index (χ1) is 12.2. The Labute approximate surface area is 145 Å². The average Bonchev–Trinajstić information content (AvgIpc) is 3.06. The summed E-state index contributed by atoms with van der Waals surface area (Å²) in [4.78, 5) is 11.3. The molecule has 3 aromatic carbocycles. The molecule has 0 saturated heterocycles. The summed E-state index contributed by atoms with van der Waals surface area (Å²) in [5.41, 5.74) is 6.12. The number of carbonyl (C=O) groups is 1. The van der Waals surface area contributed by atoms with Crippen LogP contribution in [0.4, 0.5) is 0 Å². The zero-order valence-electron chi connectivity index (χ0n) is 13.4. The van der Waals surface area contributed by atoms with Gasteiger partial charge in [0, 0.05) is 11.1 Å². The molecule has 4 rings (SSSR count). The lowest BCUT2D eigenvalue weighted by Gasteiger charge is -2.15. The van der Waals surface area contributed by atoms with Gasteiger partial charge in [-0.05, 0) is 52.4 Å². The summed E-state index contributed by atoms with van der Waals surface area (Å²) < 4.78 is 0. The Balaban J connectivity index is 1.92. The number of benzene rings is 3. The Morgan fingerprint density at radius 3 is 2.32 bits per heavy atom. The highest BCUT2D eigenvalue weighted by Crippen LogP contribution is 2.42. The molecule has 1 aliphatic carbocycles. The largest absolute Gasteiger partial charge is 0.508 e. The summed E-state index contributed by atoms with van der Waals surface area (Å²) in [6, 6.07) is 18.0. The molecule has 0 bridgehead atoms. The number of allylic oxidation sites excluding steroid dienone is 1. The van der Waals surface area contributed by atoms with Crippen LogP contribution >= 0.6 is 0 Å². The number of fused-ring (bicyclic) bond motifs is 1. The van der Waals surface area contributed by atoms with E-state index in [-0.39, 0.29) is 11.5 Å². The van der Waals surface area contributed by atoms with Gasteiger partial charge < -0.3 is 10.2 Å². The molecule has 3 aromatic rings. The van der Waals surface area contributed by atoms with Crippen LogP contribution in [0, 0.1) is 0 Å². The minimum absolute atomic E-state index is 0.196. The average molecular weight is 328 g/mol. The topological polar surface area (TPSA) is 57.5 Å². The number of aldehydes is 1. The van der Waals surface area contributed by atoms with E-state index < -0.39 is 0 Å². The molecule has 0 spiro atoms. The van der Waals surface area contributed by atoms with Crippen LogP contribution in [0.3, 0.4) is 0 Å². The number of rotatable bonds is 3. The third-order valence-corrected chi connectivity index (χ3v) is 4.63. The molecule has 0 aliphatic heterocycles. The monoisotopic (exact) mass is 328 g/mol. The fraction of sp³-hybridized carbons (Fsp3) is 0.0455. The van der Waals surface area contributed by atoms with E-state index in [1.165, 1.54) is 0 Å². The van der Waals surface area contributed by atoms with Crippen molar-refractivity contribution in [1.82, 2.24) is 0 Å². The predicted molar refractivity (Wildman–Crippen MR) is 97.8 cm³/mol. The standard InChI is InChI=1S/C22H16O3/c23-13-15-3-1-5-19-17(15)11-12-20(19)22-18(4-2-6-21(22)25)14-7-9-16(24)10-8-14/h1-10,12-13,24-25H,11H2. The fourth-order valence-corrected chi connectivity index (χ4v) is 3.45. The Morgan fingerprint density at radius 1 is 0.840 bits per heavy atom. The predicted octanol–water partition coefficient (Wildman–Crippen LogP) is 4.57. The van der Waals surface area contributed by atoms with Crippen LogP contribution in [-0.4, -0.2) is 16.5 Å². The summed E-state index contributed by atoms with van der Waals surface area (Å²) in [5, 5.41) is 20.1. The van der Waals surface area contributed by atoms with Gasteiger partial charge in [0.05, 0.1) is 0 Å². The molecule has 0 saturated carbocycles. The van der Waals surface area contributed by atoms with Gasteiger partial charge in [-0.25, -0.2) is 0 Å². The SMILES string of the molecule is O=Cc1cccc2c1CC=C2c1c(O)cccc1-c1ccc(O)cc1. The van der Waals surface area contributed by atoms with E-state index in [0.29, 0.717) is 12.0 Å². The fourth-order valence-electron chi connectivity index (χ4n) is 3.45. The Kier molecular flexibility index (Phi) is 3.62. The maximum atomic E-state index is 11.3. The van der Waals surface area contributed by atoms with Crippen LogP contribution in [0.15, 0.2) is 66.7 Å². The van der Waals surface area contributed by atoms with Gasteiger partial charge in [-0.3, -0.25) is 4.79 Å². The van der Waals surface area contributed by atoms with Crippen LogP contribution in [0.25, 0.3) is 16.7 Å². The van der Waals surface area contributed by atoms with E-state index in [1.807, 2.05) is 36.4 Å². The van der Waals surface area contributed by atoms with E-state index in [1.54, 1.807) is 24.3 Å². The molecule has 0 radical (unpaired) electrons. The normalized spacial score (nSPS) is 12.6. The second-order valence-electron chi connectivity index (χ2n) is 6.06. The van der Waals surface area contributed by atoms with E-state index >= 15 is 0 Å². The van der Waals surface area contributed by atoms with E-state index in [4.69, 9.17) is 0 Å². The lowest BCUT2D eigenvalue weighted by atomic mass is 9.90. The minimum atomic E-state index is 0.196. The molecule has 1 aliphatic rings. The van der Waals surface area contributed by atoms with Crippen molar-refractivity contribution in [3.63, 3.8) is 0 Å². The second-order valence-corrected chi connectivity index (χ2v) is 6.06. The maximum absolute atomic E-state index is 11.3. The number of hydrogen-bond acceptors (Lipinski definition) is 3. The van der Waals surface area contributed by atoms with Crippen molar-refractivity contribution >= 4 is 11.9 Å². The Bertz CT molecular complexity index is 998. The first-order valence-electron chi connectivity index (χ1n) is 8.08. The molecule has 2 N–H and O–H groups in total. The van der Waals surface area contributed by atoms with Gasteiger partial charge in [-0.1, -0.05) is 48.5 Å². The van der Waals surface area contributed by atoms with Crippen LogP contribution in [0.2, 0.25) is 0 Å². The van der Waals surface area contributed by atoms with Gasteiger partial charge in [0.2, 0.25) is 0 Å². The van der Waals surface area contributed by atoms with Crippen molar-refractivity contribution in [2.45, 2.75) is 6.42 Å². The molecule has 0 fully saturated rings. The molecule has 122 valence electrons. The molecular formula is C22H16O3. The summed E-state index contributed by atoms with van der Waals surface area (Å²) in [7, 11) is 0. The van der Waals surface area contributed by atoms with E-state index in [2.05, 4.69) is 6.08 Å². The highest BCUT2D eigenvalue weighted by Gasteiger charge is 2.22. The zero-order chi connectivity index (χ0) is 17.4. The van der Waals surface area contributed by atoms with Gasteiger partial charge in [0.1, 0.15) is 17.8 Å². The van der Waals surface area contributed by atoms with Gasteiger partial charge in [-0.2, -0.15) is 0 Å². The van der Waals surface area contributed by atoms with Crippen LogP contribution in [0.5, 0.6) is 11.5 Å². The van der Waals surface area contributed by atoms with Crippen molar-refractivity contribution < 1.29 is 15.0 Å². The van der Waals surface area contributed by atoms with E-state index in [9.17, 15) is 15.0 Å². The van der Waals surface area contributed by atoms with Gasteiger partial charge >= 0.3 is 0 Å². The molecule has 3 heteroatoms. The minimum Gasteiger partial charge on any atom is -0.508 e. The summed E-state index contributed by atoms with van der Waals surface area (Å²) in [5.74, 6) is 0.396. The van der Waals surface area contributed by atoms with Crippen molar-refractivity contribution in [2.75, 3.05) is 0 Å². The summed E-state index contributed by atoms with van der Waals surface area (Å²) in [6.07, 6.45) is 3.60. The van der Waals surface area contributed by atoms with Crippen LogP contribution in [0.1, 0.15) is 27.0 Å². The molecule has 0 unspecified atom stereocenters. The van der Waals surface area contributed by atoms with Gasteiger partial charge in [0.25, 0.3) is 0 Å². The maximum Gasteiger partial charge on any atom is 0.150 e. The van der Waals surface area contributed by atoms with Gasteiger partial charge in [0.15, 0.2) is 0 Å². The second kappa shape index (κ2) is 5.95. The van der Waals surface area contributed by atoms with Crippen LogP contribution in [-0.2, 0) is 6.42 Å². The number of hydrogen-bond donors (Lipinski definition) is 2. The van der Waals surface area contributed by atoms with Crippen molar-refractivity contribution in [2.24, 2.45) is 0 Å². The molecule has 0 atom stereocenters.